The van der Waals surface area contributed by atoms with Crippen molar-refractivity contribution in [1.29, 1.82) is 0 Å². The number of H-pyrrole nitrogens is 1. The molecule has 0 saturated heterocycles. The van der Waals surface area contributed by atoms with Crippen LogP contribution in [-0.2, 0) is 33.9 Å². The van der Waals surface area contributed by atoms with Crippen molar-refractivity contribution in [2.24, 2.45) is 22.2 Å². The van der Waals surface area contributed by atoms with Gasteiger partial charge in [-0.2, -0.15) is 0 Å². The molecule has 0 spiro atoms. The van der Waals surface area contributed by atoms with Crippen LogP contribution in [0, 0.1) is 0 Å². The zero-order valence-corrected chi connectivity index (χ0v) is 26.3. The van der Waals surface area contributed by atoms with Crippen LogP contribution in [0.15, 0.2) is 93.8 Å². The molecule has 13 heteroatoms. The zero-order valence-electron chi connectivity index (χ0n) is 25.5. The Hall–Kier alpha value is -4.85. The van der Waals surface area contributed by atoms with E-state index in [0.29, 0.717) is 6.54 Å². The van der Waals surface area contributed by atoms with Gasteiger partial charge in [-0.15, -0.1) is 0 Å². The third-order valence-corrected chi connectivity index (χ3v) is 9.22. The number of likely N-dealkylation sites (N-methyl/N-ethyl adjacent to an activating group) is 1. The number of rotatable bonds is 5. The van der Waals surface area contributed by atoms with E-state index in [2.05, 4.69) is 25.9 Å². The van der Waals surface area contributed by atoms with Gasteiger partial charge in [0.15, 0.2) is 5.96 Å². The van der Waals surface area contributed by atoms with E-state index in [1.807, 2.05) is 79.0 Å². The molecule has 10 N–H and O–H groups in total. The van der Waals surface area contributed by atoms with E-state index in [-0.39, 0.29) is 37.9 Å². The lowest BCUT2D eigenvalue weighted by Gasteiger charge is -2.31. The predicted molar refractivity (Wildman–Crippen MR) is 180 cm³/mol. The lowest BCUT2D eigenvalue weighted by molar-refractivity contribution is -0.141. The summed E-state index contributed by atoms with van der Waals surface area (Å²) < 4.78 is 0. The molecule has 3 aromatic carbocycles. The monoisotopic (exact) mass is 641 g/mol. The second-order valence-electron chi connectivity index (χ2n) is 11.1. The summed E-state index contributed by atoms with van der Waals surface area (Å²) >= 11 is 1.57. The molecule has 1 aliphatic rings. The first kappa shape index (κ1) is 32.5. The molecule has 0 aliphatic carbocycles. The second-order valence-corrected chi connectivity index (χ2v) is 12.1. The van der Waals surface area contributed by atoms with Crippen molar-refractivity contribution < 1.29 is 14.4 Å². The van der Waals surface area contributed by atoms with Gasteiger partial charge in [-0.1, -0.05) is 66.4 Å². The average molecular weight is 642 g/mol. The molecular formula is C33H39N9O3S. The van der Waals surface area contributed by atoms with Gasteiger partial charge in [0.1, 0.15) is 18.1 Å². The Balaban J connectivity index is 1.53. The number of amides is 3. The van der Waals surface area contributed by atoms with Gasteiger partial charge in [0.2, 0.25) is 17.7 Å². The highest BCUT2D eigenvalue weighted by Crippen LogP contribution is 2.33. The molecule has 2 heterocycles. The number of aliphatic imine (C=N–C) groups is 1. The molecule has 240 valence electrons. The molecule has 0 bridgehead atoms. The number of aromatic nitrogens is 1. The molecule has 5 rings (SSSR count). The summed E-state index contributed by atoms with van der Waals surface area (Å²) in [6, 6.07) is 20.6. The molecule has 0 fully saturated rings. The number of nitrogens with two attached hydrogens (primary N) is 3. The second kappa shape index (κ2) is 15.0. The summed E-state index contributed by atoms with van der Waals surface area (Å²) in [5.74, 6) is -1.50. The number of nitrogens with one attached hydrogen (secondary N) is 4. The van der Waals surface area contributed by atoms with Crippen LogP contribution in [0.5, 0.6) is 0 Å². The highest BCUT2D eigenvalue weighted by molar-refractivity contribution is 7.99. The van der Waals surface area contributed by atoms with E-state index >= 15 is 0 Å². The number of nitrogens with zero attached hydrogens (tertiary/aromatic N) is 2. The van der Waals surface area contributed by atoms with Crippen molar-refractivity contribution in [2.45, 2.75) is 47.4 Å². The summed E-state index contributed by atoms with van der Waals surface area (Å²) in [6.07, 6.45) is 2.09. The maximum atomic E-state index is 14.0. The number of aromatic amines is 1. The number of benzene rings is 3. The minimum Gasteiger partial charge on any atom is -0.370 e. The molecule has 1 aromatic heterocycles. The van der Waals surface area contributed by atoms with Gasteiger partial charge in [0, 0.05) is 60.0 Å². The number of fused-ring (bicyclic) bond motifs is 3. The van der Waals surface area contributed by atoms with Gasteiger partial charge in [0.05, 0.1) is 6.54 Å². The number of para-hydroxylation sites is 1. The number of carbonyl (C=O) groups is 3. The lowest BCUT2D eigenvalue weighted by atomic mass is 10.0. The number of hydrogen-bond acceptors (Lipinski definition) is 7. The van der Waals surface area contributed by atoms with E-state index < -0.39 is 29.9 Å². The third kappa shape index (κ3) is 7.68. The minimum atomic E-state index is -1.10. The van der Waals surface area contributed by atoms with Crippen molar-refractivity contribution >= 4 is 46.3 Å². The van der Waals surface area contributed by atoms with Crippen LogP contribution in [-0.4, -0.2) is 71.8 Å². The quantitative estimate of drug-likeness (QED) is 0.125. The maximum absolute atomic E-state index is 14.0. The Kier molecular flexibility index (Phi) is 10.6. The average Bonchev–Trinajstić information content (AvgIpc) is 3.47. The normalized spacial score (nSPS) is 19.8. The molecule has 0 radical (unpaired) electrons. The number of carbonyl (C=O) groups excluding carboxylic acids is 3. The van der Waals surface area contributed by atoms with Gasteiger partial charge >= 0.3 is 0 Å². The zero-order chi connectivity index (χ0) is 32.6. The standard InChI is InChI=1S/C33H39N9O3S/c1-42-27(14-22-18-37-24-11-5-4-10-23(22)24)31(44)39-17-21-9-3-7-13-29(21)46-28-12-6-2-8-20(28)16-38-26(19-40-33(35)36)30(43)41-25(15-34)32(42)45/h2-13,18,25-27,37-38H,14-17,19,34H2,1H3,(H,39,44)(H,41,43)(H4,35,36,40)/t25-,26-,27-/m0/s1. The predicted octanol–water partition coefficient (Wildman–Crippen LogP) is 1.19. The van der Waals surface area contributed by atoms with Crippen LogP contribution in [0.1, 0.15) is 16.7 Å². The Bertz CT molecular complexity index is 1740. The first-order valence-corrected chi connectivity index (χ1v) is 15.8. The van der Waals surface area contributed by atoms with Crippen LogP contribution in [0.3, 0.4) is 0 Å². The van der Waals surface area contributed by atoms with Gasteiger partial charge in [-0.05, 0) is 34.9 Å². The van der Waals surface area contributed by atoms with E-state index in [9.17, 15) is 14.4 Å². The Morgan fingerprint density at radius 1 is 0.891 bits per heavy atom. The van der Waals surface area contributed by atoms with Crippen molar-refractivity contribution in [3.63, 3.8) is 0 Å². The highest BCUT2D eigenvalue weighted by Gasteiger charge is 2.33. The van der Waals surface area contributed by atoms with Gasteiger partial charge in [-0.3, -0.25) is 19.4 Å². The van der Waals surface area contributed by atoms with Crippen molar-refractivity contribution in [1.82, 2.24) is 25.8 Å². The van der Waals surface area contributed by atoms with E-state index in [1.165, 1.54) is 4.90 Å². The minimum absolute atomic E-state index is 0.0563. The molecule has 1 aliphatic heterocycles. The number of hydrogen-bond donors (Lipinski definition) is 7. The van der Waals surface area contributed by atoms with E-state index in [4.69, 9.17) is 17.2 Å². The van der Waals surface area contributed by atoms with Crippen molar-refractivity contribution in [2.75, 3.05) is 20.1 Å². The van der Waals surface area contributed by atoms with Crippen LogP contribution in [0.25, 0.3) is 10.9 Å². The fourth-order valence-electron chi connectivity index (χ4n) is 5.40. The van der Waals surface area contributed by atoms with E-state index in [1.54, 1.807) is 18.8 Å². The first-order valence-electron chi connectivity index (χ1n) is 15.0. The third-order valence-electron chi connectivity index (χ3n) is 7.99. The summed E-state index contributed by atoms with van der Waals surface area (Å²) in [5, 5.41) is 10.0. The van der Waals surface area contributed by atoms with Crippen LogP contribution in [0.4, 0.5) is 0 Å². The number of guanidine groups is 1. The van der Waals surface area contributed by atoms with Gasteiger partial charge in [0.25, 0.3) is 0 Å². The molecule has 46 heavy (non-hydrogen) atoms. The highest BCUT2D eigenvalue weighted by atomic mass is 32.2. The van der Waals surface area contributed by atoms with Crippen LogP contribution >= 0.6 is 11.8 Å². The van der Waals surface area contributed by atoms with Gasteiger partial charge in [-0.25, -0.2) is 0 Å². The van der Waals surface area contributed by atoms with Crippen molar-refractivity contribution in [3.05, 3.63) is 95.7 Å². The largest absolute Gasteiger partial charge is 0.370 e. The summed E-state index contributed by atoms with van der Waals surface area (Å²) in [6.45, 7) is 0.345. The lowest BCUT2D eigenvalue weighted by Crippen LogP contribution is -2.59. The topological polar surface area (TPSA) is 197 Å². The first-order chi connectivity index (χ1) is 22.2. The smallest absolute Gasteiger partial charge is 0.246 e. The molecule has 0 unspecified atom stereocenters. The van der Waals surface area contributed by atoms with Crippen LogP contribution in [0.2, 0.25) is 0 Å². The Morgan fingerprint density at radius 3 is 2.24 bits per heavy atom. The van der Waals surface area contributed by atoms with Crippen LogP contribution < -0.4 is 33.2 Å². The van der Waals surface area contributed by atoms with Crippen molar-refractivity contribution in [3.8, 4) is 0 Å². The summed E-state index contributed by atoms with van der Waals surface area (Å²) in [5.41, 5.74) is 20.9. The maximum Gasteiger partial charge on any atom is 0.246 e. The van der Waals surface area contributed by atoms with Gasteiger partial charge < -0.3 is 43.0 Å². The van der Waals surface area contributed by atoms with E-state index in [0.717, 1.165) is 37.4 Å². The molecule has 3 atom stereocenters. The molecule has 12 nitrogen and oxygen atoms in total. The molecule has 0 saturated carbocycles. The summed E-state index contributed by atoms with van der Waals surface area (Å²) in [7, 11) is 1.56. The Labute approximate surface area is 271 Å². The molecular weight excluding hydrogens is 602 g/mol. The fourth-order valence-corrected chi connectivity index (χ4v) is 6.47. The molecule has 3 amide bonds. The fraction of sp³-hybridized carbons (Fsp3) is 0.273. The summed E-state index contributed by atoms with van der Waals surface area (Å²) in [4.78, 5) is 52.1. The SMILES string of the molecule is CN1C(=O)[C@H](CN)NC(=O)[C@H](CN=C(N)N)NCc2ccccc2Sc2ccccc2CNC(=O)[C@@H]1Cc1c[nH]c2ccccc12. The molecule has 4 aromatic rings. The Morgan fingerprint density at radius 2 is 1.54 bits per heavy atom.